The SMILES string of the molecule is COCCn1c(C(=O)NC2CCCCC2C(=O)NC(C#N)CC(C)C)cc2ccccc21. The molecule has 32 heavy (non-hydrogen) atoms. The van der Waals surface area contributed by atoms with Crippen LogP contribution in [-0.4, -0.2) is 42.2 Å². The van der Waals surface area contributed by atoms with Crippen LogP contribution in [0.15, 0.2) is 30.3 Å². The molecule has 0 spiro atoms. The Balaban J connectivity index is 1.77. The summed E-state index contributed by atoms with van der Waals surface area (Å²) in [5.74, 6) is -0.327. The zero-order chi connectivity index (χ0) is 23.1. The first-order chi connectivity index (χ1) is 15.4. The molecule has 3 rings (SSSR count). The van der Waals surface area contributed by atoms with Gasteiger partial charge in [0.25, 0.3) is 5.91 Å². The second-order valence-electron chi connectivity index (χ2n) is 9.02. The third-order valence-corrected chi connectivity index (χ3v) is 6.16. The molecule has 1 heterocycles. The molecule has 0 aliphatic heterocycles. The highest BCUT2D eigenvalue weighted by atomic mass is 16.5. The zero-order valence-corrected chi connectivity index (χ0v) is 19.3. The normalized spacial score (nSPS) is 19.5. The number of hydrogen-bond donors (Lipinski definition) is 2. The third kappa shape index (κ3) is 5.68. The molecule has 7 nitrogen and oxygen atoms in total. The van der Waals surface area contributed by atoms with Crippen LogP contribution in [0.2, 0.25) is 0 Å². The number of rotatable bonds is 9. The van der Waals surface area contributed by atoms with Crippen molar-refractivity contribution < 1.29 is 14.3 Å². The van der Waals surface area contributed by atoms with Gasteiger partial charge in [-0.25, -0.2) is 0 Å². The molecule has 3 unspecified atom stereocenters. The van der Waals surface area contributed by atoms with Crippen LogP contribution in [0.25, 0.3) is 10.9 Å². The van der Waals surface area contributed by atoms with Crippen LogP contribution >= 0.6 is 0 Å². The zero-order valence-electron chi connectivity index (χ0n) is 19.3. The standard InChI is InChI=1S/C25H34N4O3/c1-17(2)14-19(16-26)27-24(30)20-9-5-6-10-21(20)28-25(31)23-15-18-8-4-7-11-22(18)29(23)12-13-32-3/h4,7-8,11,15,17,19-21H,5-6,9-10,12-14H2,1-3H3,(H,27,30)(H,28,31). The number of nitrogens with one attached hydrogen (secondary N) is 2. The maximum absolute atomic E-state index is 13.3. The lowest BCUT2D eigenvalue weighted by atomic mass is 9.83. The molecule has 172 valence electrons. The van der Waals surface area contributed by atoms with E-state index in [0.29, 0.717) is 37.6 Å². The molecule has 0 bridgehead atoms. The first kappa shape index (κ1) is 23.8. The Kier molecular flexibility index (Phi) is 8.29. The fourth-order valence-electron chi connectivity index (χ4n) is 4.58. The van der Waals surface area contributed by atoms with E-state index in [0.717, 1.165) is 30.2 Å². The number of carbonyl (C=O) groups excluding carboxylic acids is 2. The lowest BCUT2D eigenvalue weighted by Gasteiger charge is -2.32. The average molecular weight is 439 g/mol. The van der Waals surface area contributed by atoms with E-state index < -0.39 is 6.04 Å². The van der Waals surface area contributed by atoms with Crippen molar-refractivity contribution >= 4 is 22.7 Å². The van der Waals surface area contributed by atoms with Crippen molar-refractivity contribution in [2.45, 2.75) is 64.6 Å². The summed E-state index contributed by atoms with van der Waals surface area (Å²) >= 11 is 0. The summed E-state index contributed by atoms with van der Waals surface area (Å²) in [5, 5.41) is 16.4. The largest absolute Gasteiger partial charge is 0.383 e. The Labute approximate surface area is 190 Å². The van der Waals surface area contributed by atoms with Gasteiger partial charge < -0.3 is 19.9 Å². The number of nitriles is 1. The van der Waals surface area contributed by atoms with Gasteiger partial charge in [-0.1, -0.05) is 44.9 Å². The maximum Gasteiger partial charge on any atom is 0.268 e. The number of benzene rings is 1. The second kappa shape index (κ2) is 11.1. The molecule has 3 atom stereocenters. The molecule has 1 aromatic carbocycles. The van der Waals surface area contributed by atoms with Crippen LogP contribution in [0.5, 0.6) is 0 Å². The Bertz CT molecular complexity index is 975. The summed E-state index contributed by atoms with van der Waals surface area (Å²) in [6, 6.07) is 11.2. The molecule has 0 radical (unpaired) electrons. The maximum atomic E-state index is 13.3. The van der Waals surface area contributed by atoms with Crippen LogP contribution < -0.4 is 10.6 Å². The summed E-state index contributed by atoms with van der Waals surface area (Å²) < 4.78 is 7.21. The minimum Gasteiger partial charge on any atom is -0.383 e. The molecule has 2 N–H and O–H groups in total. The van der Waals surface area contributed by atoms with Gasteiger partial charge in [-0.3, -0.25) is 9.59 Å². The lowest BCUT2D eigenvalue weighted by molar-refractivity contribution is -0.127. The first-order valence-electron chi connectivity index (χ1n) is 11.5. The van der Waals surface area contributed by atoms with E-state index in [2.05, 4.69) is 16.7 Å². The van der Waals surface area contributed by atoms with Crippen molar-refractivity contribution in [2.75, 3.05) is 13.7 Å². The van der Waals surface area contributed by atoms with Crippen molar-refractivity contribution in [3.8, 4) is 6.07 Å². The lowest BCUT2D eigenvalue weighted by Crippen LogP contribution is -2.50. The predicted octanol–water partition coefficient (Wildman–Crippen LogP) is 3.63. The van der Waals surface area contributed by atoms with E-state index >= 15 is 0 Å². The molecule has 7 heteroatoms. The molecular formula is C25H34N4O3. The highest BCUT2D eigenvalue weighted by molar-refractivity contribution is 5.99. The predicted molar refractivity (Wildman–Crippen MR) is 124 cm³/mol. The molecule has 2 aromatic rings. The van der Waals surface area contributed by atoms with Gasteiger partial charge >= 0.3 is 0 Å². The number of carbonyl (C=O) groups is 2. The topological polar surface area (TPSA) is 96.2 Å². The van der Waals surface area contributed by atoms with Crippen LogP contribution in [0.4, 0.5) is 0 Å². The quantitative estimate of drug-likeness (QED) is 0.625. The number of amides is 2. The number of methoxy groups -OCH3 is 1. The Hall–Kier alpha value is -2.85. The molecule has 1 aliphatic rings. The van der Waals surface area contributed by atoms with Gasteiger partial charge in [0.2, 0.25) is 5.91 Å². The van der Waals surface area contributed by atoms with Crippen LogP contribution in [0.1, 0.15) is 56.4 Å². The van der Waals surface area contributed by atoms with E-state index in [9.17, 15) is 14.9 Å². The minimum absolute atomic E-state index is 0.137. The summed E-state index contributed by atoms with van der Waals surface area (Å²) in [5.41, 5.74) is 1.56. The summed E-state index contributed by atoms with van der Waals surface area (Å²) in [6.07, 6.45) is 3.99. The van der Waals surface area contributed by atoms with Gasteiger partial charge in [0.15, 0.2) is 0 Å². The Morgan fingerprint density at radius 3 is 2.72 bits per heavy atom. The van der Waals surface area contributed by atoms with Crippen LogP contribution in [0, 0.1) is 23.2 Å². The smallest absolute Gasteiger partial charge is 0.268 e. The van der Waals surface area contributed by atoms with Gasteiger partial charge in [-0.05, 0) is 37.3 Å². The number of aromatic nitrogens is 1. The van der Waals surface area contributed by atoms with Crippen LogP contribution in [-0.2, 0) is 16.1 Å². The highest BCUT2D eigenvalue weighted by Crippen LogP contribution is 2.26. The number of ether oxygens (including phenoxy) is 1. The molecule has 1 saturated carbocycles. The second-order valence-corrected chi connectivity index (χ2v) is 9.02. The molecule has 1 aromatic heterocycles. The van der Waals surface area contributed by atoms with Gasteiger partial charge in [-0.2, -0.15) is 5.26 Å². The highest BCUT2D eigenvalue weighted by Gasteiger charge is 2.33. The molecule has 1 aliphatic carbocycles. The van der Waals surface area contributed by atoms with E-state index in [1.807, 2.05) is 48.7 Å². The number of para-hydroxylation sites is 1. The van der Waals surface area contributed by atoms with Gasteiger partial charge in [-0.15, -0.1) is 0 Å². The summed E-state index contributed by atoms with van der Waals surface area (Å²) in [6.45, 7) is 5.13. The van der Waals surface area contributed by atoms with E-state index in [1.165, 1.54) is 0 Å². The van der Waals surface area contributed by atoms with E-state index in [4.69, 9.17) is 4.74 Å². The number of hydrogen-bond acceptors (Lipinski definition) is 4. The molecule has 0 saturated heterocycles. The first-order valence-corrected chi connectivity index (χ1v) is 11.5. The minimum atomic E-state index is -0.502. The van der Waals surface area contributed by atoms with Gasteiger partial charge in [0, 0.05) is 30.6 Å². The number of nitrogens with zero attached hydrogens (tertiary/aromatic N) is 2. The van der Waals surface area contributed by atoms with Gasteiger partial charge in [0.1, 0.15) is 11.7 Å². The van der Waals surface area contributed by atoms with Crippen molar-refractivity contribution in [1.29, 1.82) is 5.26 Å². The Morgan fingerprint density at radius 2 is 2.00 bits per heavy atom. The van der Waals surface area contributed by atoms with E-state index in [-0.39, 0.29) is 23.8 Å². The fourth-order valence-corrected chi connectivity index (χ4v) is 4.58. The molecular weight excluding hydrogens is 404 g/mol. The Morgan fingerprint density at radius 1 is 1.25 bits per heavy atom. The average Bonchev–Trinajstić information content (AvgIpc) is 3.15. The van der Waals surface area contributed by atoms with Gasteiger partial charge in [0.05, 0.1) is 18.6 Å². The van der Waals surface area contributed by atoms with Crippen LogP contribution in [0.3, 0.4) is 0 Å². The van der Waals surface area contributed by atoms with Crippen molar-refractivity contribution in [3.63, 3.8) is 0 Å². The number of fused-ring (bicyclic) bond motifs is 1. The summed E-state index contributed by atoms with van der Waals surface area (Å²) in [4.78, 5) is 26.3. The monoisotopic (exact) mass is 438 g/mol. The summed E-state index contributed by atoms with van der Waals surface area (Å²) in [7, 11) is 1.64. The molecule has 1 fully saturated rings. The van der Waals surface area contributed by atoms with E-state index in [1.54, 1.807) is 7.11 Å². The van der Waals surface area contributed by atoms with Crippen molar-refractivity contribution in [3.05, 3.63) is 36.0 Å². The molecule has 2 amide bonds. The van der Waals surface area contributed by atoms with Crippen molar-refractivity contribution in [1.82, 2.24) is 15.2 Å². The third-order valence-electron chi connectivity index (χ3n) is 6.16. The fraction of sp³-hybridized carbons (Fsp3) is 0.560. The van der Waals surface area contributed by atoms with Crippen molar-refractivity contribution in [2.24, 2.45) is 11.8 Å².